The molecule has 1 N–H and O–H groups in total. The largest absolute Gasteiger partial charge is 0.496 e. The van der Waals surface area contributed by atoms with Crippen molar-refractivity contribution in [3.8, 4) is 17.2 Å². The molecule has 0 bridgehead atoms. The monoisotopic (exact) mass is 491 g/mol. The lowest BCUT2D eigenvalue weighted by atomic mass is 10.2. The number of hydrogen-bond donors (Lipinski definition) is 1. The van der Waals surface area contributed by atoms with Gasteiger partial charge in [-0.15, -0.1) is 0 Å². The van der Waals surface area contributed by atoms with E-state index in [0.717, 1.165) is 5.52 Å². The van der Waals surface area contributed by atoms with Gasteiger partial charge in [0, 0.05) is 0 Å². The van der Waals surface area contributed by atoms with Crippen molar-refractivity contribution in [1.82, 2.24) is 10.4 Å². The maximum Gasteiger partial charge on any atom is 0.347 e. The number of oxazole rings is 1. The summed E-state index contributed by atoms with van der Waals surface area (Å²) in [7, 11) is 2.94. The highest BCUT2D eigenvalue weighted by Crippen LogP contribution is 2.29. The summed E-state index contributed by atoms with van der Waals surface area (Å²) in [5.41, 5.74) is 4.78. The van der Waals surface area contributed by atoms with Gasteiger partial charge in [0.05, 0.1) is 26.2 Å². The molecule has 178 valence electrons. The van der Waals surface area contributed by atoms with Crippen molar-refractivity contribution in [3.05, 3.63) is 77.9 Å². The standard InChI is InChI=1S/C25H21N3O6S/c1-31-19-9-5-3-7-17(19)24(30)33-21-12-11-16(13-22(21)32-2)14-26-28-23(29)15-35-25-27-18-8-4-6-10-20(18)34-25/h3-14H,15H2,1-2H3,(H,28,29)/b26-14-. The maximum absolute atomic E-state index is 12.6. The molecule has 0 unspecified atom stereocenters. The van der Waals surface area contributed by atoms with Crippen LogP contribution in [0.4, 0.5) is 0 Å². The molecule has 0 atom stereocenters. The first-order chi connectivity index (χ1) is 17.1. The fourth-order valence-electron chi connectivity index (χ4n) is 3.07. The first-order valence-corrected chi connectivity index (χ1v) is 11.4. The van der Waals surface area contributed by atoms with Crippen LogP contribution in [-0.2, 0) is 4.79 Å². The number of fused-ring (bicyclic) bond motifs is 1. The summed E-state index contributed by atoms with van der Waals surface area (Å²) in [5, 5.41) is 4.37. The molecule has 0 radical (unpaired) electrons. The fraction of sp³-hybridized carbons (Fsp3) is 0.120. The van der Waals surface area contributed by atoms with Crippen LogP contribution < -0.4 is 19.6 Å². The van der Waals surface area contributed by atoms with E-state index >= 15 is 0 Å². The molecule has 1 heterocycles. The summed E-state index contributed by atoms with van der Waals surface area (Å²) in [5.74, 6) is 0.166. The SMILES string of the molecule is COc1cc(/C=N\NC(=O)CSc2nc3ccccc3o2)ccc1OC(=O)c1ccccc1OC. The summed E-state index contributed by atoms with van der Waals surface area (Å²) < 4.78 is 21.6. The third kappa shape index (κ3) is 5.98. The highest BCUT2D eigenvalue weighted by molar-refractivity contribution is 7.99. The van der Waals surface area contributed by atoms with Crippen LogP contribution in [-0.4, -0.2) is 43.0 Å². The second kappa shape index (κ2) is 11.2. The van der Waals surface area contributed by atoms with Crippen molar-refractivity contribution >= 4 is 41.0 Å². The molecular formula is C25H21N3O6S. The molecule has 10 heteroatoms. The molecule has 1 amide bonds. The van der Waals surface area contributed by atoms with Gasteiger partial charge in [-0.2, -0.15) is 5.10 Å². The van der Waals surface area contributed by atoms with Crippen LogP contribution in [0.1, 0.15) is 15.9 Å². The minimum atomic E-state index is -0.578. The zero-order chi connectivity index (χ0) is 24.6. The molecule has 4 aromatic rings. The first kappa shape index (κ1) is 23.8. The fourth-order valence-corrected chi connectivity index (χ4v) is 3.70. The van der Waals surface area contributed by atoms with Crippen LogP contribution in [0.15, 0.2) is 81.5 Å². The number of nitrogens with zero attached hydrogens (tertiary/aromatic N) is 2. The van der Waals surface area contributed by atoms with E-state index in [0.29, 0.717) is 33.4 Å². The number of hydrazone groups is 1. The molecule has 9 nitrogen and oxygen atoms in total. The number of amides is 1. The van der Waals surface area contributed by atoms with Crippen LogP contribution in [0.2, 0.25) is 0 Å². The second-order valence-corrected chi connectivity index (χ2v) is 7.96. The Kier molecular flexibility index (Phi) is 7.63. The Hall–Kier alpha value is -4.31. The van der Waals surface area contributed by atoms with E-state index in [1.807, 2.05) is 24.3 Å². The van der Waals surface area contributed by atoms with Crippen molar-refractivity contribution in [2.75, 3.05) is 20.0 Å². The van der Waals surface area contributed by atoms with Gasteiger partial charge < -0.3 is 18.6 Å². The summed E-state index contributed by atoms with van der Waals surface area (Å²) in [4.78, 5) is 29.0. The number of para-hydroxylation sites is 3. The van der Waals surface area contributed by atoms with Crippen molar-refractivity contribution in [2.45, 2.75) is 5.22 Å². The van der Waals surface area contributed by atoms with E-state index in [1.54, 1.807) is 42.5 Å². The molecule has 4 rings (SSSR count). The number of ether oxygens (including phenoxy) is 3. The summed E-state index contributed by atoms with van der Waals surface area (Å²) in [6.07, 6.45) is 1.45. The van der Waals surface area contributed by atoms with Crippen molar-refractivity contribution < 1.29 is 28.2 Å². The maximum atomic E-state index is 12.6. The predicted octanol–water partition coefficient (Wildman–Crippen LogP) is 4.31. The lowest BCUT2D eigenvalue weighted by Gasteiger charge is -2.11. The summed E-state index contributed by atoms with van der Waals surface area (Å²) >= 11 is 1.17. The molecule has 0 aliphatic heterocycles. The van der Waals surface area contributed by atoms with Crippen LogP contribution >= 0.6 is 11.8 Å². The first-order valence-electron chi connectivity index (χ1n) is 10.4. The molecule has 0 spiro atoms. The third-order valence-electron chi connectivity index (χ3n) is 4.72. The van der Waals surface area contributed by atoms with E-state index in [9.17, 15) is 9.59 Å². The van der Waals surface area contributed by atoms with Crippen LogP contribution in [0, 0.1) is 0 Å². The summed E-state index contributed by atoms with van der Waals surface area (Å²) in [6.45, 7) is 0. The van der Waals surface area contributed by atoms with Crippen molar-refractivity contribution in [3.63, 3.8) is 0 Å². The number of hydrogen-bond acceptors (Lipinski definition) is 9. The Bertz CT molecular complexity index is 1350. The second-order valence-electron chi connectivity index (χ2n) is 7.03. The van der Waals surface area contributed by atoms with Gasteiger partial charge in [-0.3, -0.25) is 4.79 Å². The number of carbonyl (C=O) groups is 2. The Balaban J connectivity index is 1.33. The molecule has 0 aliphatic rings. The number of methoxy groups -OCH3 is 2. The lowest BCUT2D eigenvalue weighted by Crippen LogP contribution is -2.19. The smallest absolute Gasteiger partial charge is 0.347 e. The molecule has 0 saturated heterocycles. The third-order valence-corrected chi connectivity index (χ3v) is 5.55. The van der Waals surface area contributed by atoms with E-state index < -0.39 is 5.97 Å². The van der Waals surface area contributed by atoms with Crippen LogP contribution in [0.5, 0.6) is 17.2 Å². The van der Waals surface area contributed by atoms with E-state index in [-0.39, 0.29) is 17.4 Å². The van der Waals surface area contributed by atoms with Gasteiger partial charge in [0.2, 0.25) is 0 Å². The minimum Gasteiger partial charge on any atom is -0.496 e. The van der Waals surface area contributed by atoms with Gasteiger partial charge >= 0.3 is 5.97 Å². The quantitative estimate of drug-likeness (QED) is 0.121. The zero-order valence-corrected chi connectivity index (χ0v) is 19.7. The number of nitrogens with one attached hydrogen (secondary N) is 1. The van der Waals surface area contributed by atoms with Gasteiger partial charge in [-0.1, -0.05) is 36.0 Å². The molecule has 3 aromatic carbocycles. The molecule has 0 fully saturated rings. The lowest BCUT2D eigenvalue weighted by molar-refractivity contribution is -0.118. The van der Waals surface area contributed by atoms with Crippen LogP contribution in [0.25, 0.3) is 11.1 Å². The summed E-state index contributed by atoms with van der Waals surface area (Å²) in [6, 6.07) is 19.0. The topological polar surface area (TPSA) is 112 Å². The van der Waals surface area contributed by atoms with Gasteiger partial charge in [-0.05, 0) is 48.0 Å². The molecule has 0 saturated carbocycles. The Morgan fingerprint density at radius 1 is 1.00 bits per heavy atom. The number of rotatable bonds is 9. The highest BCUT2D eigenvalue weighted by atomic mass is 32.2. The molecule has 0 aliphatic carbocycles. The Labute approximate surface area is 205 Å². The molecule has 35 heavy (non-hydrogen) atoms. The van der Waals surface area contributed by atoms with Gasteiger partial charge in [0.1, 0.15) is 16.8 Å². The number of aromatic nitrogens is 1. The Morgan fingerprint density at radius 2 is 1.77 bits per heavy atom. The average Bonchev–Trinajstić information content (AvgIpc) is 3.31. The van der Waals surface area contributed by atoms with Gasteiger partial charge in [0.15, 0.2) is 17.1 Å². The minimum absolute atomic E-state index is 0.0886. The van der Waals surface area contributed by atoms with E-state index in [2.05, 4.69) is 15.5 Å². The normalized spacial score (nSPS) is 10.9. The van der Waals surface area contributed by atoms with E-state index in [1.165, 1.54) is 32.2 Å². The molecular weight excluding hydrogens is 470 g/mol. The number of esters is 1. The number of carbonyl (C=O) groups excluding carboxylic acids is 2. The molecule has 1 aromatic heterocycles. The van der Waals surface area contributed by atoms with Crippen LogP contribution in [0.3, 0.4) is 0 Å². The number of benzene rings is 3. The number of thioether (sulfide) groups is 1. The van der Waals surface area contributed by atoms with Crippen molar-refractivity contribution in [1.29, 1.82) is 0 Å². The van der Waals surface area contributed by atoms with Gasteiger partial charge in [-0.25, -0.2) is 15.2 Å². The highest BCUT2D eigenvalue weighted by Gasteiger charge is 2.16. The van der Waals surface area contributed by atoms with E-state index in [4.69, 9.17) is 18.6 Å². The average molecular weight is 492 g/mol. The predicted molar refractivity (Wildman–Crippen MR) is 131 cm³/mol. The zero-order valence-electron chi connectivity index (χ0n) is 18.9. The van der Waals surface area contributed by atoms with Crippen molar-refractivity contribution in [2.24, 2.45) is 5.10 Å². The Morgan fingerprint density at radius 3 is 2.57 bits per heavy atom. The van der Waals surface area contributed by atoms with Gasteiger partial charge in [0.25, 0.3) is 11.1 Å².